The molecule has 15 heavy (non-hydrogen) atoms. The van der Waals surface area contributed by atoms with Crippen molar-refractivity contribution in [3.05, 3.63) is 48.0 Å². The van der Waals surface area contributed by atoms with Crippen LogP contribution in [-0.4, -0.2) is 5.78 Å². The molecule has 0 fully saturated rings. The topological polar surface area (TPSA) is 40.9 Å². The Labute approximate surface area is 89.9 Å². The number of carbonyl (C=O) groups excluding carboxylic acids is 1. The van der Waals surface area contributed by atoms with Crippen LogP contribution in [0.5, 0.6) is 0 Å². The van der Waals surface area contributed by atoms with Gasteiger partial charge in [-0.05, 0) is 26.0 Å². The van der Waals surface area contributed by atoms with Crippen molar-refractivity contribution < 1.29 is 4.79 Å². The predicted molar refractivity (Wildman–Crippen MR) is 59.5 cm³/mol. The van der Waals surface area contributed by atoms with Crippen LogP contribution >= 0.6 is 0 Å². The number of benzene rings is 1. The molecule has 0 spiro atoms. The van der Waals surface area contributed by atoms with Gasteiger partial charge < -0.3 is 0 Å². The first-order valence-corrected chi connectivity index (χ1v) is 4.70. The van der Waals surface area contributed by atoms with E-state index in [1.165, 1.54) is 0 Å². The van der Waals surface area contributed by atoms with E-state index in [1.807, 2.05) is 6.07 Å². The minimum absolute atomic E-state index is 0.0189. The Morgan fingerprint density at radius 1 is 1.53 bits per heavy atom. The fourth-order valence-electron chi connectivity index (χ4n) is 1.19. The van der Waals surface area contributed by atoms with Crippen molar-refractivity contribution in [2.75, 3.05) is 0 Å². The van der Waals surface area contributed by atoms with E-state index in [2.05, 4.69) is 6.58 Å². The third-order valence-electron chi connectivity index (χ3n) is 2.35. The molecule has 0 heterocycles. The van der Waals surface area contributed by atoms with E-state index in [0.717, 1.165) is 0 Å². The zero-order valence-corrected chi connectivity index (χ0v) is 8.95. The predicted octanol–water partition coefficient (Wildman–Crippen LogP) is 2.95. The molecule has 0 radical (unpaired) electrons. The molecular formula is C13H13NO. The van der Waals surface area contributed by atoms with Crippen molar-refractivity contribution in [1.82, 2.24) is 0 Å². The van der Waals surface area contributed by atoms with Crippen LogP contribution in [0.25, 0.3) is 0 Å². The molecule has 0 aliphatic rings. The van der Waals surface area contributed by atoms with Crippen LogP contribution in [0.1, 0.15) is 29.8 Å². The van der Waals surface area contributed by atoms with Crippen LogP contribution in [0.2, 0.25) is 0 Å². The van der Waals surface area contributed by atoms with Crippen LogP contribution < -0.4 is 0 Å². The Morgan fingerprint density at radius 3 is 2.73 bits per heavy atom. The van der Waals surface area contributed by atoms with Gasteiger partial charge in [0.2, 0.25) is 0 Å². The van der Waals surface area contributed by atoms with Gasteiger partial charge in [-0.1, -0.05) is 18.2 Å². The summed E-state index contributed by atoms with van der Waals surface area (Å²) in [5.74, 6) is -0.0189. The zero-order valence-electron chi connectivity index (χ0n) is 8.95. The second-order valence-corrected chi connectivity index (χ2v) is 3.95. The highest BCUT2D eigenvalue weighted by Gasteiger charge is 2.24. The van der Waals surface area contributed by atoms with E-state index in [0.29, 0.717) is 11.1 Å². The van der Waals surface area contributed by atoms with Gasteiger partial charge in [-0.2, -0.15) is 5.26 Å². The molecule has 0 aliphatic heterocycles. The number of carbonyl (C=O) groups is 1. The lowest BCUT2D eigenvalue weighted by Gasteiger charge is -2.17. The quantitative estimate of drug-likeness (QED) is 0.554. The van der Waals surface area contributed by atoms with Gasteiger partial charge in [-0.15, -0.1) is 6.58 Å². The molecule has 76 valence electrons. The fraction of sp³-hybridized carbons (Fsp3) is 0.231. The molecular weight excluding hydrogens is 186 g/mol. The molecule has 0 saturated heterocycles. The van der Waals surface area contributed by atoms with Gasteiger partial charge in [-0.3, -0.25) is 4.79 Å². The molecule has 2 nitrogen and oxygen atoms in total. The van der Waals surface area contributed by atoms with Gasteiger partial charge in [0.05, 0.1) is 11.6 Å². The first kappa shape index (κ1) is 11.2. The molecule has 1 rings (SSSR count). The van der Waals surface area contributed by atoms with E-state index >= 15 is 0 Å². The third-order valence-corrected chi connectivity index (χ3v) is 2.35. The van der Waals surface area contributed by atoms with Gasteiger partial charge in [0.15, 0.2) is 5.78 Å². The normalized spacial score (nSPS) is 10.5. The average Bonchev–Trinajstić information content (AvgIpc) is 2.28. The smallest absolute Gasteiger partial charge is 0.172 e. The summed E-state index contributed by atoms with van der Waals surface area (Å²) in [5, 5.41) is 8.72. The largest absolute Gasteiger partial charge is 0.293 e. The van der Waals surface area contributed by atoms with Crippen LogP contribution in [-0.2, 0) is 0 Å². The Kier molecular flexibility index (Phi) is 3.06. The van der Waals surface area contributed by atoms with Gasteiger partial charge >= 0.3 is 0 Å². The lowest BCUT2D eigenvalue weighted by Crippen LogP contribution is -2.21. The summed E-state index contributed by atoms with van der Waals surface area (Å²) in [6.45, 7) is 7.25. The maximum absolute atomic E-state index is 12.0. The summed E-state index contributed by atoms with van der Waals surface area (Å²) in [6.07, 6.45) is 1.62. The monoisotopic (exact) mass is 199 g/mol. The highest BCUT2D eigenvalue weighted by atomic mass is 16.1. The summed E-state index contributed by atoms with van der Waals surface area (Å²) < 4.78 is 0. The Hall–Kier alpha value is -1.88. The Bertz CT molecular complexity index is 438. The van der Waals surface area contributed by atoms with Crippen LogP contribution in [0.3, 0.4) is 0 Å². The van der Waals surface area contributed by atoms with E-state index in [9.17, 15) is 4.79 Å². The van der Waals surface area contributed by atoms with E-state index < -0.39 is 5.41 Å². The van der Waals surface area contributed by atoms with Gasteiger partial charge in [0, 0.05) is 11.0 Å². The summed E-state index contributed by atoms with van der Waals surface area (Å²) in [5.41, 5.74) is 0.466. The lowest BCUT2D eigenvalue weighted by atomic mass is 9.84. The average molecular weight is 199 g/mol. The van der Waals surface area contributed by atoms with Gasteiger partial charge in [0.25, 0.3) is 0 Å². The summed E-state index contributed by atoms with van der Waals surface area (Å²) >= 11 is 0. The third kappa shape index (κ3) is 2.32. The minimum atomic E-state index is -0.589. The van der Waals surface area contributed by atoms with Gasteiger partial charge in [-0.25, -0.2) is 0 Å². The number of Topliss-reactive ketones (excluding diaryl/α,β-unsaturated/α-hetero) is 1. The van der Waals surface area contributed by atoms with Crippen LogP contribution in [0.4, 0.5) is 0 Å². The number of hydrogen-bond acceptors (Lipinski definition) is 2. The van der Waals surface area contributed by atoms with Crippen LogP contribution in [0.15, 0.2) is 36.9 Å². The Morgan fingerprint density at radius 2 is 2.20 bits per heavy atom. The second-order valence-electron chi connectivity index (χ2n) is 3.95. The number of nitrogens with zero attached hydrogens (tertiary/aromatic N) is 1. The summed E-state index contributed by atoms with van der Waals surface area (Å²) in [6, 6.07) is 8.73. The maximum atomic E-state index is 12.0. The summed E-state index contributed by atoms with van der Waals surface area (Å²) in [7, 11) is 0. The SMILES string of the molecule is C=CC(C)(C)C(=O)c1cccc(C#N)c1. The molecule has 2 heteroatoms. The van der Waals surface area contributed by atoms with Crippen molar-refractivity contribution in [3.8, 4) is 6.07 Å². The highest BCUT2D eigenvalue weighted by molar-refractivity contribution is 6.01. The molecule has 0 bridgehead atoms. The summed E-state index contributed by atoms with van der Waals surface area (Å²) in [4.78, 5) is 12.0. The first-order valence-electron chi connectivity index (χ1n) is 4.70. The maximum Gasteiger partial charge on any atom is 0.172 e. The molecule has 1 aromatic rings. The highest BCUT2D eigenvalue weighted by Crippen LogP contribution is 2.23. The van der Waals surface area contributed by atoms with Gasteiger partial charge in [0.1, 0.15) is 0 Å². The molecule has 0 unspecified atom stereocenters. The zero-order chi connectivity index (χ0) is 11.5. The molecule has 0 amide bonds. The molecule has 1 aromatic carbocycles. The molecule has 0 atom stereocenters. The molecule has 0 aliphatic carbocycles. The Balaban J connectivity index is 3.13. The van der Waals surface area contributed by atoms with Crippen molar-refractivity contribution in [2.24, 2.45) is 5.41 Å². The number of hydrogen-bond donors (Lipinski definition) is 0. The van der Waals surface area contributed by atoms with Crippen molar-refractivity contribution in [3.63, 3.8) is 0 Å². The number of allylic oxidation sites excluding steroid dienone is 1. The van der Waals surface area contributed by atoms with Crippen molar-refractivity contribution >= 4 is 5.78 Å². The number of rotatable bonds is 3. The fourth-order valence-corrected chi connectivity index (χ4v) is 1.19. The number of ketones is 1. The van der Waals surface area contributed by atoms with E-state index in [-0.39, 0.29) is 5.78 Å². The van der Waals surface area contributed by atoms with Crippen molar-refractivity contribution in [1.29, 1.82) is 5.26 Å². The van der Waals surface area contributed by atoms with E-state index in [1.54, 1.807) is 44.2 Å². The second kappa shape index (κ2) is 4.10. The molecule has 0 saturated carbocycles. The minimum Gasteiger partial charge on any atom is -0.293 e. The molecule has 0 N–H and O–H groups in total. The lowest BCUT2D eigenvalue weighted by molar-refractivity contribution is 0.0886. The standard InChI is InChI=1S/C13H13NO/c1-4-13(2,3)12(15)11-7-5-6-10(8-11)9-14/h4-8H,1H2,2-3H3. The van der Waals surface area contributed by atoms with E-state index in [4.69, 9.17) is 5.26 Å². The molecule has 0 aromatic heterocycles. The first-order chi connectivity index (χ1) is 7.01. The van der Waals surface area contributed by atoms with Crippen LogP contribution in [0, 0.1) is 16.7 Å². The van der Waals surface area contributed by atoms with Crippen molar-refractivity contribution in [2.45, 2.75) is 13.8 Å². The number of nitriles is 1.